The van der Waals surface area contributed by atoms with Crippen LogP contribution in [0.3, 0.4) is 0 Å². The van der Waals surface area contributed by atoms with Gasteiger partial charge in [-0.1, -0.05) is 12.1 Å². The lowest BCUT2D eigenvalue weighted by atomic mass is 10.2. The van der Waals surface area contributed by atoms with Crippen LogP contribution in [0.2, 0.25) is 0 Å². The monoisotopic (exact) mass is 341 g/mol. The molecular formula is C17H15N3O3S. The lowest BCUT2D eigenvalue weighted by Crippen LogP contribution is -2.28. The minimum Gasteiger partial charge on any atom is -0.454 e. The molecule has 2 N–H and O–H groups in total. The lowest BCUT2D eigenvalue weighted by molar-refractivity contribution is 0.0954. The van der Waals surface area contributed by atoms with Crippen LogP contribution in [0.1, 0.15) is 10.4 Å². The number of aromatic nitrogens is 1. The van der Waals surface area contributed by atoms with Gasteiger partial charge in [0.25, 0.3) is 5.91 Å². The van der Waals surface area contributed by atoms with E-state index in [4.69, 9.17) is 9.47 Å². The molecule has 0 fully saturated rings. The number of rotatable bonds is 5. The van der Waals surface area contributed by atoms with Crippen molar-refractivity contribution in [3.05, 3.63) is 48.0 Å². The van der Waals surface area contributed by atoms with Crippen molar-refractivity contribution in [2.75, 3.05) is 25.2 Å². The van der Waals surface area contributed by atoms with Gasteiger partial charge >= 0.3 is 0 Å². The Morgan fingerprint density at radius 2 is 2.00 bits per heavy atom. The topological polar surface area (TPSA) is 72.5 Å². The Labute approximate surface area is 142 Å². The normalized spacial score (nSPS) is 12.3. The number of carbonyl (C=O) groups excluding carboxylic acids is 1. The van der Waals surface area contributed by atoms with Crippen LogP contribution in [-0.2, 0) is 0 Å². The molecule has 0 bridgehead atoms. The third-order valence-corrected chi connectivity index (χ3v) is 4.54. The molecule has 1 aliphatic heterocycles. The molecule has 3 aromatic rings. The fraction of sp³-hybridized carbons (Fsp3) is 0.176. The summed E-state index contributed by atoms with van der Waals surface area (Å²) in [5.41, 5.74) is 0.554. The van der Waals surface area contributed by atoms with E-state index in [1.54, 1.807) is 18.2 Å². The molecule has 0 atom stereocenters. The molecular weight excluding hydrogens is 326 g/mol. The number of benzene rings is 2. The highest BCUT2D eigenvalue weighted by atomic mass is 32.1. The van der Waals surface area contributed by atoms with Crippen molar-refractivity contribution in [2.24, 2.45) is 0 Å². The smallest absolute Gasteiger partial charge is 0.251 e. The summed E-state index contributed by atoms with van der Waals surface area (Å²) in [4.78, 5) is 12.2. The van der Waals surface area contributed by atoms with Crippen LogP contribution in [0.4, 0.5) is 5.82 Å². The number of amides is 1. The second-order valence-corrected chi connectivity index (χ2v) is 6.08. The Balaban J connectivity index is 1.32. The van der Waals surface area contributed by atoms with Crippen molar-refractivity contribution in [1.82, 2.24) is 9.69 Å². The summed E-state index contributed by atoms with van der Waals surface area (Å²) in [6.45, 7) is 1.30. The molecule has 0 saturated carbocycles. The lowest BCUT2D eigenvalue weighted by Gasteiger charge is -2.07. The summed E-state index contributed by atoms with van der Waals surface area (Å²) in [6.07, 6.45) is 0. The van der Waals surface area contributed by atoms with Gasteiger partial charge in [0, 0.05) is 24.0 Å². The van der Waals surface area contributed by atoms with Gasteiger partial charge in [0.2, 0.25) is 6.79 Å². The minimum atomic E-state index is -0.141. The highest BCUT2D eigenvalue weighted by Gasteiger charge is 2.15. The first kappa shape index (κ1) is 14.8. The van der Waals surface area contributed by atoms with E-state index in [-0.39, 0.29) is 12.7 Å². The molecule has 1 amide bonds. The summed E-state index contributed by atoms with van der Waals surface area (Å²) < 4.78 is 16.1. The molecule has 24 heavy (non-hydrogen) atoms. The largest absolute Gasteiger partial charge is 0.454 e. The Hall–Kier alpha value is -2.80. The molecule has 0 spiro atoms. The van der Waals surface area contributed by atoms with Gasteiger partial charge in [-0.2, -0.15) is 4.37 Å². The number of hydrogen-bond donors (Lipinski definition) is 2. The molecule has 7 heteroatoms. The minimum absolute atomic E-state index is 0.141. The Morgan fingerprint density at radius 3 is 2.96 bits per heavy atom. The van der Waals surface area contributed by atoms with Crippen molar-refractivity contribution < 1.29 is 14.3 Å². The molecule has 0 unspecified atom stereocenters. The Morgan fingerprint density at radius 1 is 1.12 bits per heavy atom. The van der Waals surface area contributed by atoms with Gasteiger partial charge in [-0.25, -0.2) is 0 Å². The molecule has 1 aliphatic rings. The van der Waals surface area contributed by atoms with Crippen LogP contribution < -0.4 is 20.1 Å². The van der Waals surface area contributed by atoms with Gasteiger partial charge in [0.05, 0.1) is 4.70 Å². The number of fused-ring (bicyclic) bond motifs is 2. The van der Waals surface area contributed by atoms with E-state index in [9.17, 15) is 4.79 Å². The second-order valence-electron chi connectivity index (χ2n) is 5.28. The first-order chi connectivity index (χ1) is 11.8. The molecule has 2 heterocycles. The molecule has 0 aliphatic carbocycles. The second kappa shape index (κ2) is 6.37. The van der Waals surface area contributed by atoms with Gasteiger partial charge in [-0.05, 0) is 41.9 Å². The van der Waals surface area contributed by atoms with Crippen LogP contribution in [-0.4, -0.2) is 30.2 Å². The molecule has 2 aromatic carbocycles. The van der Waals surface area contributed by atoms with Gasteiger partial charge in [0.1, 0.15) is 5.82 Å². The van der Waals surface area contributed by atoms with Gasteiger partial charge in [0.15, 0.2) is 11.5 Å². The average molecular weight is 341 g/mol. The van der Waals surface area contributed by atoms with Gasteiger partial charge in [-0.15, -0.1) is 0 Å². The molecule has 122 valence electrons. The Bertz CT molecular complexity index is 894. The highest BCUT2D eigenvalue weighted by Crippen LogP contribution is 2.32. The highest BCUT2D eigenvalue weighted by molar-refractivity contribution is 7.13. The number of carbonyl (C=O) groups is 1. The van der Waals surface area contributed by atoms with Crippen LogP contribution in [0, 0.1) is 0 Å². The molecule has 0 radical (unpaired) electrons. The summed E-state index contributed by atoms with van der Waals surface area (Å²) in [5, 5.41) is 7.24. The zero-order chi connectivity index (χ0) is 16.4. The first-order valence-corrected chi connectivity index (χ1v) is 8.35. The summed E-state index contributed by atoms with van der Waals surface area (Å²) in [5.74, 6) is 1.99. The third-order valence-electron chi connectivity index (χ3n) is 3.72. The Kier molecular flexibility index (Phi) is 3.92. The fourth-order valence-corrected chi connectivity index (χ4v) is 3.27. The van der Waals surface area contributed by atoms with Crippen molar-refractivity contribution in [2.45, 2.75) is 0 Å². The SMILES string of the molecule is O=C(NCCNc1nsc2ccccc12)c1ccc2c(c1)OCO2. The van der Waals surface area contributed by atoms with E-state index < -0.39 is 0 Å². The maximum absolute atomic E-state index is 12.2. The van der Waals surface area contributed by atoms with Crippen LogP contribution >= 0.6 is 11.5 Å². The van der Waals surface area contributed by atoms with E-state index in [1.165, 1.54) is 11.5 Å². The molecule has 1 aromatic heterocycles. The van der Waals surface area contributed by atoms with Crippen molar-refractivity contribution in [3.63, 3.8) is 0 Å². The number of anilines is 1. The molecule has 4 rings (SSSR count). The maximum Gasteiger partial charge on any atom is 0.251 e. The zero-order valence-electron chi connectivity index (χ0n) is 12.7. The number of hydrogen-bond acceptors (Lipinski definition) is 6. The van der Waals surface area contributed by atoms with Gasteiger partial charge < -0.3 is 20.1 Å². The standard InChI is InChI=1S/C17H15N3O3S/c21-17(11-5-6-13-14(9-11)23-10-22-13)19-8-7-18-16-12-3-1-2-4-15(12)24-20-16/h1-6,9H,7-8,10H2,(H,18,20)(H,19,21). The third kappa shape index (κ3) is 2.85. The summed E-state index contributed by atoms with van der Waals surface area (Å²) in [6, 6.07) is 13.2. The molecule has 6 nitrogen and oxygen atoms in total. The number of nitrogens with zero attached hydrogens (tertiary/aromatic N) is 1. The van der Waals surface area contributed by atoms with E-state index in [2.05, 4.69) is 15.0 Å². The fourth-order valence-electron chi connectivity index (χ4n) is 2.51. The summed E-state index contributed by atoms with van der Waals surface area (Å²) in [7, 11) is 0. The van der Waals surface area contributed by atoms with Gasteiger partial charge in [-0.3, -0.25) is 4.79 Å². The van der Waals surface area contributed by atoms with Crippen molar-refractivity contribution in [3.8, 4) is 11.5 Å². The zero-order valence-corrected chi connectivity index (χ0v) is 13.6. The summed E-state index contributed by atoms with van der Waals surface area (Å²) >= 11 is 1.46. The number of ether oxygens (including phenoxy) is 2. The van der Waals surface area contributed by atoms with E-state index in [1.807, 2.05) is 24.3 Å². The predicted octanol–water partition coefficient (Wildman–Crippen LogP) is 2.87. The van der Waals surface area contributed by atoms with Crippen LogP contribution in [0.15, 0.2) is 42.5 Å². The quantitative estimate of drug-likeness (QED) is 0.698. The van der Waals surface area contributed by atoms with Crippen LogP contribution in [0.5, 0.6) is 11.5 Å². The van der Waals surface area contributed by atoms with Crippen LogP contribution in [0.25, 0.3) is 10.1 Å². The van der Waals surface area contributed by atoms with E-state index in [0.29, 0.717) is 30.2 Å². The molecule has 0 saturated heterocycles. The van der Waals surface area contributed by atoms with Crippen molar-refractivity contribution >= 4 is 33.3 Å². The first-order valence-electron chi connectivity index (χ1n) is 7.57. The van der Waals surface area contributed by atoms with E-state index >= 15 is 0 Å². The predicted molar refractivity (Wildman–Crippen MR) is 93.0 cm³/mol. The average Bonchev–Trinajstić information content (AvgIpc) is 3.24. The van der Waals surface area contributed by atoms with Crippen molar-refractivity contribution in [1.29, 1.82) is 0 Å². The maximum atomic E-state index is 12.2. The van der Waals surface area contributed by atoms with E-state index in [0.717, 1.165) is 15.9 Å². The number of nitrogens with one attached hydrogen (secondary N) is 2.